The fourth-order valence-corrected chi connectivity index (χ4v) is 3.57. The molecule has 1 aliphatic heterocycles. The maximum atomic E-state index is 13.1. The highest BCUT2D eigenvalue weighted by Gasteiger charge is 2.50. The minimum absolute atomic E-state index is 0.160. The zero-order valence-corrected chi connectivity index (χ0v) is 15.1. The van der Waals surface area contributed by atoms with Gasteiger partial charge in [0.15, 0.2) is 5.78 Å². The van der Waals surface area contributed by atoms with Crippen molar-refractivity contribution >= 4 is 17.7 Å². The zero-order valence-electron chi connectivity index (χ0n) is 15.1. The standard InChI is InChI=1S/C20H22O6/c1-4-24-19(22)13-8-9-14-17(16(13)20(23)25-5-2)18(21)12-7-6-11(3)10-15(12)26-14/h6-8,10,14,16-17H,4-5,9H2,1-3H3/t14-,16-,17+/m1/s1. The number of fused-ring (bicyclic) bond motifs is 2. The van der Waals surface area contributed by atoms with Gasteiger partial charge in [0.25, 0.3) is 0 Å². The summed E-state index contributed by atoms with van der Waals surface area (Å²) in [5.74, 6) is -2.69. The lowest BCUT2D eigenvalue weighted by Gasteiger charge is -2.39. The molecule has 1 aromatic rings. The van der Waals surface area contributed by atoms with Gasteiger partial charge in [-0.3, -0.25) is 9.59 Å². The quantitative estimate of drug-likeness (QED) is 0.770. The lowest BCUT2D eigenvalue weighted by atomic mass is 9.71. The monoisotopic (exact) mass is 358 g/mol. The van der Waals surface area contributed by atoms with E-state index < -0.39 is 29.9 Å². The molecule has 0 radical (unpaired) electrons. The van der Waals surface area contributed by atoms with E-state index in [0.29, 0.717) is 17.7 Å². The third-order valence-corrected chi connectivity index (χ3v) is 4.70. The van der Waals surface area contributed by atoms with Crippen molar-refractivity contribution in [1.29, 1.82) is 0 Å². The van der Waals surface area contributed by atoms with Gasteiger partial charge in [0.2, 0.25) is 0 Å². The summed E-state index contributed by atoms with van der Waals surface area (Å²) in [4.78, 5) is 38.1. The number of rotatable bonds is 4. The van der Waals surface area contributed by atoms with E-state index in [1.165, 1.54) is 0 Å². The van der Waals surface area contributed by atoms with Gasteiger partial charge in [0, 0.05) is 12.0 Å². The fraction of sp³-hybridized carbons (Fsp3) is 0.450. The molecular formula is C20H22O6. The Morgan fingerprint density at radius 1 is 1.19 bits per heavy atom. The van der Waals surface area contributed by atoms with Crippen LogP contribution in [-0.2, 0) is 19.1 Å². The first-order chi connectivity index (χ1) is 12.5. The molecule has 0 fully saturated rings. The van der Waals surface area contributed by atoms with Crippen LogP contribution in [0.5, 0.6) is 5.75 Å². The summed E-state index contributed by atoms with van der Waals surface area (Å²) in [6.07, 6.45) is 1.48. The molecule has 26 heavy (non-hydrogen) atoms. The second-order valence-corrected chi connectivity index (χ2v) is 6.39. The second kappa shape index (κ2) is 7.32. The third-order valence-electron chi connectivity index (χ3n) is 4.70. The zero-order chi connectivity index (χ0) is 18.8. The number of benzene rings is 1. The van der Waals surface area contributed by atoms with Gasteiger partial charge < -0.3 is 14.2 Å². The number of aryl methyl sites for hydroxylation is 1. The maximum Gasteiger partial charge on any atom is 0.334 e. The highest BCUT2D eigenvalue weighted by molar-refractivity contribution is 6.07. The van der Waals surface area contributed by atoms with Gasteiger partial charge in [-0.15, -0.1) is 0 Å². The van der Waals surface area contributed by atoms with E-state index in [1.807, 2.05) is 19.1 Å². The van der Waals surface area contributed by atoms with Crippen LogP contribution in [0.15, 0.2) is 29.8 Å². The Morgan fingerprint density at radius 3 is 2.62 bits per heavy atom. The summed E-state index contributed by atoms with van der Waals surface area (Å²) >= 11 is 0. The van der Waals surface area contributed by atoms with Crippen molar-refractivity contribution in [3.63, 3.8) is 0 Å². The number of Topliss-reactive ketones (excluding diaryl/α,β-unsaturated/α-hetero) is 1. The highest BCUT2D eigenvalue weighted by atomic mass is 16.5. The molecular weight excluding hydrogens is 336 g/mol. The maximum absolute atomic E-state index is 13.1. The molecule has 0 saturated heterocycles. The van der Waals surface area contributed by atoms with Crippen molar-refractivity contribution < 1.29 is 28.6 Å². The van der Waals surface area contributed by atoms with Gasteiger partial charge in [-0.05, 0) is 38.5 Å². The predicted octanol–water partition coefficient (Wildman–Crippen LogP) is 2.63. The molecule has 1 heterocycles. The second-order valence-electron chi connectivity index (χ2n) is 6.39. The lowest BCUT2D eigenvalue weighted by Crippen LogP contribution is -2.49. The van der Waals surface area contributed by atoms with Gasteiger partial charge in [-0.2, -0.15) is 0 Å². The number of hydrogen-bond acceptors (Lipinski definition) is 6. The molecule has 0 bridgehead atoms. The van der Waals surface area contributed by atoms with Gasteiger partial charge in [0.05, 0.1) is 24.7 Å². The largest absolute Gasteiger partial charge is 0.489 e. The highest BCUT2D eigenvalue weighted by Crippen LogP contribution is 2.42. The van der Waals surface area contributed by atoms with E-state index in [2.05, 4.69) is 0 Å². The number of carbonyl (C=O) groups is 3. The summed E-state index contributed by atoms with van der Waals surface area (Å²) in [6, 6.07) is 5.34. The van der Waals surface area contributed by atoms with Gasteiger partial charge in [-0.25, -0.2) is 4.79 Å². The molecule has 1 aliphatic carbocycles. The van der Waals surface area contributed by atoms with Gasteiger partial charge in [-0.1, -0.05) is 12.1 Å². The van der Waals surface area contributed by atoms with E-state index in [9.17, 15) is 14.4 Å². The van der Waals surface area contributed by atoms with E-state index in [1.54, 1.807) is 26.0 Å². The SMILES string of the molecule is CCOC(=O)C1=CC[C@H]2Oc3cc(C)ccc3C(=O)[C@@H]2[C@@H]1C(=O)OCC. The van der Waals surface area contributed by atoms with Gasteiger partial charge in [0.1, 0.15) is 17.8 Å². The van der Waals surface area contributed by atoms with Crippen LogP contribution in [-0.4, -0.2) is 37.0 Å². The molecule has 138 valence electrons. The molecule has 6 heteroatoms. The molecule has 0 aromatic heterocycles. The van der Waals surface area contributed by atoms with E-state index in [0.717, 1.165) is 5.56 Å². The summed E-state index contributed by atoms with van der Waals surface area (Å²) in [5.41, 5.74) is 1.59. The first kappa shape index (κ1) is 18.2. The van der Waals surface area contributed by atoms with Crippen LogP contribution in [0.2, 0.25) is 0 Å². The summed E-state index contributed by atoms with van der Waals surface area (Å²) in [7, 11) is 0. The molecule has 0 saturated carbocycles. The predicted molar refractivity (Wildman–Crippen MR) is 92.9 cm³/mol. The number of carbonyl (C=O) groups excluding carboxylic acids is 3. The normalized spacial score (nSPS) is 23.9. The summed E-state index contributed by atoms with van der Waals surface area (Å²) in [6.45, 7) is 5.64. The topological polar surface area (TPSA) is 78.9 Å². The van der Waals surface area contributed by atoms with Crippen LogP contribution in [0.1, 0.15) is 36.2 Å². The van der Waals surface area contributed by atoms with E-state index >= 15 is 0 Å². The molecule has 3 rings (SSSR count). The average Bonchev–Trinajstić information content (AvgIpc) is 2.61. The number of ether oxygens (including phenoxy) is 3. The van der Waals surface area contributed by atoms with Gasteiger partial charge >= 0.3 is 11.9 Å². The van der Waals surface area contributed by atoms with Crippen molar-refractivity contribution in [3.05, 3.63) is 41.0 Å². The molecule has 0 spiro atoms. The molecule has 0 amide bonds. The minimum atomic E-state index is -1.02. The molecule has 0 N–H and O–H groups in total. The molecule has 1 aromatic carbocycles. The Labute approximate surface area is 152 Å². The minimum Gasteiger partial charge on any atom is -0.489 e. The van der Waals surface area contributed by atoms with E-state index in [4.69, 9.17) is 14.2 Å². The number of hydrogen-bond donors (Lipinski definition) is 0. The van der Waals surface area contributed by atoms with Crippen molar-refractivity contribution in [2.45, 2.75) is 33.3 Å². The summed E-state index contributed by atoms with van der Waals surface area (Å²) < 4.78 is 16.2. The molecule has 6 nitrogen and oxygen atoms in total. The molecule has 3 atom stereocenters. The van der Waals surface area contributed by atoms with Crippen molar-refractivity contribution in [2.24, 2.45) is 11.8 Å². The molecule has 2 aliphatic rings. The van der Waals surface area contributed by atoms with E-state index in [-0.39, 0.29) is 24.6 Å². The van der Waals surface area contributed by atoms with Crippen LogP contribution in [0.4, 0.5) is 0 Å². The number of esters is 2. The summed E-state index contributed by atoms with van der Waals surface area (Å²) in [5, 5.41) is 0. The number of ketones is 1. The third kappa shape index (κ3) is 3.11. The smallest absolute Gasteiger partial charge is 0.334 e. The van der Waals surface area contributed by atoms with Crippen LogP contribution in [0.3, 0.4) is 0 Å². The Balaban J connectivity index is 2.03. The fourth-order valence-electron chi connectivity index (χ4n) is 3.57. The van der Waals surface area contributed by atoms with Crippen molar-refractivity contribution in [3.8, 4) is 5.75 Å². The first-order valence-electron chi connectivity index (χ1n) is 8.83. The first-order valence-corrected chi connectivity index (χ1v) is 8.83. The Hall–Kier alpha value is -2.63. The average molecular weight is 358 g/mol. The van der Waals surface area contributed by atoms with Crippen molar-refractivity contribution in [2.75, 3.05) is 13.2 Å². The van der Waals surface area contributed by atoms with Crippen LogP contribution < -0.4 is 4.74 Å². The van der Waals surface area contributed by atoms with Crippen LogP contribution >= 0.6 is 0 Å². The lowest BCUT2D eigenvalue weighted by molar-refractivity contribution is -0.153. The van der Waals surface area contributed by atoms with Crippen molar-refractivity contribution in [1.82, 2.24) is 0 Å². The Morgan fingerprint density at radius 2 is 1.92 bits per heavy atom. The van der Waals surface area contributed by atoms with Crippen LogP contribution in [0, 0.1) is 18.8 Å². The molecule has 0 unspecified atom stereocenters. The van der Waals surface area contributed by atoms with Crippen LogP contribution in [0.25, 0.3) is 0 Å². The Bertz CT molecular complexity index is 779. The Kier molecular flexibility index (Phi) is 5.11.